The van der Waals surface area contributed by atoms with Crippen LogP contribution in [0.15, 0.2) is 12.3 Å². The third kappa shape index (κ3) is 6.10. The number of nitrogens with two attached hydrogens (primary N) is 1. The molecule has 0 spiro atoms. The molecule has 0 aliphatic heterocycles. The number of ether oxygens (including phenoxy) is 1. The van der Waals surface area contributed by atoms with E-state index in [9.17, 15) is 4.79 Å². The van der Waals surface area contributed by atoms with Crippen molar-refractivity contribution in [2.24, 2.45) is 0 Å². The molecular formula is C15H21N3O2. The number of pyridine rings is 1. The standard InChI is InChI=1S/C15H21N3O2/c1-11-9-12(18-10-13(11)16)7-5-6-8-17-14(19)20-15(2,3)4/h9-10H,6,8,16H2,1-4H3,(H,17,19). The van der Waals surface area contributed by atoms with Gasteiger partial charge in [0.05, 0.1) is 11.9 Å². The van der Waals surface area contributed by atoms with Gasteiger partial charge in [0.25, 0.3) is 0 Å². The fourth-order valence-corrected chi connectivity index (χ4v) is 1.33. The smallest absolute Gasteiger partial charge is 0.407 e. The zero-order chi connectivity index (χ0) is 15.2. The summed E-state index contributed by atoms with van der Waals surface area (Å²) in [5.74, 6) is 5.87. The number of aryl methyl sites for hydroxylation is 1. The van der Waals surface area contributed by atoms with Crippen molar-refractivity contribution in [2.45, 2.75) is 39.7 Å². The fourth-order valence-electron chi connectivity index (χ4n) is 1.33. The van der Waals surface area contributed by atoms with E-state index in [0.717, 1.165) is 5.56 Å². The average molecular weight is 275 g/mol. The molecule has 0 atom stereocenters. The molecule has 0 saturated heterocycles. The zero-order valence-corrected chi connectivity index (χ0v) is 12.4. The van der Waals surface area contributed by atoms with E-state index >= 15 is 0 Å². The number of alkyl carbamates (subject to hydrolysis) is 1. The monoisotopic (exact) mass is 275 g/mol. The minimum absolute atomic E-state index is 0.430. The Kier molecular flexibility index (Phi) is 5.39. The van der Waals surface area contributed by atoms with Gasteiger partial charge in [0.15, 0.2) is 0 Å². The van der Waals surface area contributed by atoms with Crippen LogP contribution in [0.2, 0.25) is 0 Å². The Morgan fingerprint density at radius 2 is 2.20 bits per heavy atom. The maximum Gasteiger partial charge on any atom is 0.407 e. The van der Waals surface area contributed by atoms with Crippen LogP contribution in [0.3, 0.4) is 0 Å². The van der Waals surface area contributed by atoms with Crippen LogP contribution in [0.1, 0.15) is 38.4 Å². The summed E-state index contributed by atoms with van der Waals surface area (Å²) in [5.41, 5.74) is 7.48. The Morgan fingerprint density at radius 1 is 1.50 bits per heavy atom. The molecule has 1 rings (SSSR count). The molecule has 5 heteroatoms. The van der Waals surface area contributed by atoms with Crippen molar-refractivity contribution >= 4 is 11.8 Å². The molecular weight excluding hydrogens is 254 g/mol. The van der Waals surface area contributed by atoms with Gasteiger partial charge in [-0.3, -0.25) is 0 Å². The number of carbonyl (C=O) groups excluding carboxylic acids is 1. The first-order valence-corrected chi connectivity index (χ1v) is 6.46. The molecule has 0 fully saturated rings. The first kappa shape index (κ1) is 15.8. The maximum absolute atomic E-state index is 11.4. The molecule has 0 saturated carbocycles. The van der Waals surface area contributed by atoms with Gasteiger partial charge in [-0.05, 0) is 45.2 Å². The number of nitrogen functional groups attached to an aromatic ring is 1. The quantitative estimate of drug-likeness (QED) is 0.641. The largest absolute Gasteiger partial charge is 0.444 e. The van der Waals surface area contributed by atoms with E-state index in [1.54, 1.807) is 6.20 Å². The van der Waals surface area contributed by atoms with E-state index < -0.39 is 11.7 Å². The van der Waals surface area contributed by atoms with Gasteiger partial charge in [0, 0.05) is 13.0 Å². The summed E-state index contributed by atoms with van der Waals surface area (Å²) in [6, 6.07) is 1.84. The third-order valence-corrected chi connectivity index (χ3v) is 2.29. The lowest BCUT2D eigenvalue weighted by molar-refractivity contribution is 0.0529. The number of hydrogen-bond donors (Lipinski definition) is 2. The SMILES string of the molecule is Cc1cc(C#CCCNC(=O)OC(C)(C)C)ncc1N. The minimum atomic E-state index is -0.485. The second kappa shape index (κ2) is 6.80. The molecule has 5 nitrogen and oxygen atoms in total. The van der Waals surface area contributed by atoms with E-state index in [0.29, 0.717) is 24.3 Å². The summed E-state index contributed by atoms with van der Waals surface area (Å²) < 4.78 is 5.11. The van der Waals surface area contributed by atoms with Gasteiger partial charge in [-0.15, -0.1) is 0 Å². The predicted octanol–water partition coefficient (Wildman–Crippen LogP) is 2.24. The molecule has 1 aromatic rings. The van der Waals surface area contributed by atoms with Crippen molar-refractivity contribution in [3.63, 3.8) is 0 Å². The van der Waals surface area contributed by atoms with Gasteiger partial charge < -0.3 is 15.8 Å². The molecule has 1 aromatic heterocycles. The molecule has 0 aliphatic rings. The summed E-state index contributed by atoms with van der Waals surface area (Å²) in [5, 5.41) is 2.64. The lowest BCUT2D eigenvalue weighted by Gasteiger charge is -2.19. The van der Waals surface area contributed by atoms with Gasteiger partial charge in [0.1, 0.15) is 11.3 Å². The minimum Gasteiger partial charge on any atom is -0.444 e. The third-order valence-electron chi connectivity index (χ3n) is 2.29. The summed E-state index contributed by atoms with van der Waals surface area (Å²) in [4.78, 5) is 15.5. The van der Waals surface area contributed by atoms with Gasteiger partial charge in [-0.25, -0.2) is 9.78 Å². The normalized spacial score (nSPS) is 10.4. The number of anilines is 1. The van der Waals surface area contributed by atoms with Crippen molar-refractivity contribution < 1.29 is 9.53 Å². The Bertz CT molecular complexity index is 536. The van der Waals surface area contributed by atoms with Crippen molar-refractivity contribution in [2.75, 3.05) is 12.3 Å². The first-order valence-electron chi connectivity index (χ1n) is 6.46. The molecule has 1 heterocycles. The van der Waals surface area contributed by atoms with Gasteiger partial charge in [-0.1, -0.05) is 5.92 Å². The van der Waals surface area contributed by atoms with Crippen LogP contribution >= 0.6 is 0 Å². The molecule has 1 amide bonds. The lowest BCUT2D eigenvalue weighted by Crippen LogP contribution is -2.32. The molecule has 0 unspecified atom stereocenters. The van der Waals surface area contributed by atoms with E-state index in [-0.39, 0.29) is 0 Å². The van der Waals surface area contributed by atoms with E-state index in [1.165, 1.54) is 0 Å². The van der Waals surface area contributed by atoms with Crippen molar-refractivity contribution in [1.82, 2.24) is 10.3 Å². The number of carbonyl (C=O) groups is 1. The van der Waals surface area contributed by atoms with Crippen molar-refractivity contribution in [3.05, 3.63) is 23.5 Å². The fraction of sp³-hybridized carbons (Fsp3) is 0.467. The molecule has 20 heavy (non-hydrogen) atoms. The van der Waals surface area contributed by atoms with Crippen LogP contribution in [0.4, 0.5) is 10.5 Å². The number of hydrogen-bond acceptors (Lipinski definition) is 4. The highest BCUT2D eigenvalue weighted by atomic mass is 16.6. The summed E-state index contributed by atoms with van der Waals surface area (Å²) >= 11 is 0. The zero-order valence-electron chi connectivity index (χ0n) is 12.4. The van der Waals surface area contributed by atoms with E-state index in [2.05, 4.69) is 22.1 Å². The Hall–Kier alpha value is -2.22. The number of aromatic nitrogens is 1. The Morgan fingerprint density at radius 3 is 2.80 bits per heavy atom. The summed E-state index contributed by atoms with van der Waals surface area (Å²) in [6.07, 6.45) is 1.70. The highest BCUT2D eigenvalue weighted by Gasteiger charge is 2.15. The van der Waals surface area contributed by atoms with Gasteiger partial charge >= 0.3 is 6.09 Å². The topological polar surface area (TPSA) is 77.2 Å². The lowest BCUT2D eigenvalue weighted by atomic mass is 10.2. The maximum atomic E-state index is 11.4. The second-order valence-electron chi connectivity index (χ2n) is 5.41. The van der Waals surface area contributed by atoms with Crippen LogP contribution in [0.25, 0.3) is 0 Å². The number of rotatable bonds is 2. The Labute approximate surface area is 119 Å². The highest BCUT2D eigenvalue weighted by molar-refractivity contribution is 5.67. The van der Waals surface area contributed by atoms with E-state index in [1.807, 2.05) is 33.8 Å². The van der Waals surface area contributed by atoms with Crippen LogP contribution < -0.4 is 11.1 Å². The van der Waals surface area contributed by atoms with Crippen molar-refractivity contribution in [3.8, 4) is 11.8 Å². The second-order valence-corrected chi connectivity index (χ2v) is 5.41. The van der Waals surface area contributed by atoms with E-state index in [4.69, 9.17) is 10.5 Å². The Balaban J connectivity index is 2.36. The molecule has 0 bridgehead atoms. The predicted molar refractivity (Wildman–Crippen MR) is 79.1 cm³/mol. The van der Waals surface area contributed by atoms with Crippen LogP contribution in [-0.2, 0) is 4.74 Å². The summed E-state index contributed by atoms with van der Waals surface area (Å²) in [7, 11) is 0. The number of nitrogens with one attached hydrogen (secondary N) is 1. The van der Waals surface area contributed by atoms with Crippen LogP contribution in [0.5, 0.6) is 0 Å². The first-order chi connectivity index (χ1) is 9.28. The number of nitrogens with zero attached hydrogens (tertiary/aromatic N) is 1. The van der Waals surface area contributed by atoms with Gasteiger partial charge in [0.2, 0.25) is 0 Å². The number of amides is 1. The van der Waals surface area contributed by atoms with Crippen LogP contribution in [0, 0.1) is 18.8 Å². The highest BCUT2D eigenvalue weighted by Crippen LogP contribution is 2.08. The molecule has 3 N–H and O–H groups in total. The molecule has 0 aliphatic carbocycles. The average Bonchev–Trinajstić information content (AvgIpc) is 2.31. The summed E-state index contributed by atoms with van der Waals surface area (Å²) in [6.45, 7) is 7.81. The molecule has 108 valence electrons. The van der Waals surface area contributed by atoms with Crippen LogP contribution in [-0.4, -0.2) is 23.2 Å². The molecule has 0 radical (unpaired) electrons. The van der Waals surface area contributed by atoms with Crippen molar-refractivity contribution in [1.29, 1.82) is 0 Å². The van der Waals surface area contributed by atoms with Gasteiger partial charge in [-0.2, -0.15) is 0 Å². The molecule has 0 aromatic carbocycles.